The van der Waals surface area contributed by atoms with Crippen LogP contribution in [0.15, 0.2) is 84.9 Å². The molecule has 5 heteroatoms. The number of nitriles is 2. The third-order valence-electron chi connectivity index (χ3n) is 5.64. The van der Waals surface area contributed by atoms with Crippen molar-refractivity contribution >= 4 is 11.0 Å². The highest BCUT2D eigenvalue weighted by molar-refractivity contribution is 5.89. The Labute approximate surface area is 184 Å². The van der Waals surface area contributed by atoms with Crippen LogP contribution in [0.3, 0.4) is 0 Å². The molecule has 2 heterocycles. The molecule has 0 unspecified atom stereocenters. The first kappa shape index (κ1) is 17.9. The molecule has 5 nitrogen and oxygen atoms in total. The average molecular weight is 410 g/mol. The number of hydrogen-bond donors (Lipinski definition) is 0. The van der Waals surface area contributed by atoms with Crippen LogP contribution >= 0.6 is 0 Å². The average Bonchev–Trinajstić information content (AvgIpc) is 3.16. The van der Waals surface area contributed by atoms with Gasteiger partial charge in [0, 0.05) is 5.56 Å². The topological polar surface area (TPSA) is 74.6 Å². The SMILES string of the molecule is N#Cc1cc(C#N)cc(-c2cccc3c2Oc2ccccc2-n2c-3nc3ccccc32)c1. The van der Waals surface area contributed by atoms with Crippen LogP contribution in [0.1, 0.15) is 11.1 Å². The highest BCUT2D eigenvalue weighted by atomic mass is 16.5. The molecule has 0 atom stereocenters. The lowest BCUT2D eigenvalue weighted by Gasteiger charge is -2.14. The van der Waals surface area contributed by atoms with Crippen LogP contribution in [0.5, 0.6) is 11.5 Å². The van der Waals surface area contributed by atoms with E-state index in [1.54, 1.807) is 18.2 Å². The summed E-state index contributed by atoms with van der Waals surface area (Å²) in [6, 6.07) is 31.2. The lowest BCUT2D eigenvalue weighted by atomic mass is 9.97. The number of fused-ring (bicyclic) bond motifs is 7. The minimum atomic E-state index is 0.429. The van der Waals surface area contributed by atoms with E-state index in [1.807, 2.05) is 66.7 Å². The molecule has 0 amide bonds. The van der Waals surface area contributed by atoms with E-state index in [0.29, 0.717) is 22.6 Å². The molecular formula is C27H14N4O. The van der Waals surface area contributed by atoms with Crippen LogP contribution in [0, 0.1) is 22.7 Å². The second kappa shape index (κ2) is 6.84. The third kappa shape index (κ3) is 2.59. The maximum Gasteiger partial charge on any atom is 0.151 e. The van der Waals surface area contributed by atoms with Crippen molar-refractivity contribution in [3.63, 3.8) is 0 Å². The summed E-state index contributed by atoms with van der Waals surface area (Å²) < 4.78 is 8.62. The van der Waals surface area contributed by atoms with E-state index < -0.39 is 0 Å². The number of aromatic nitrogens is 2. The van der Waals surface area contributed by atoms with Crippen LogP contribution in [0.2, 0.25) is 0 Å². The first-order valence-corrected chi connectivity index (χ1v) is 10.1. The standard InChI is InChI=1S/C27H14N4O/c28-15-17-12-18(16-29)14-19(13-17)20-6-5-7-21-26(20)32-25-11-4-3-10-24(25)31-23-9-2-1-8-22(23)30-27(21)31/h1-14H. The van der Waals surface area contributed by atoms with Gasteiger partial charge in [-0.1, -0.05) is 36.4 Å². The Morgan fingerprint density at radius 1 is 0.750 bits per heavy atom. The lowest BCUT2D eigenvalue weighted by molar-refractivity contribution is 0.487. The predicted molar refractivity (Wildman–Crippen MR) is 121 cm³/mol. The Hall–Kier alpha value is -4.87. The molecule has 0 bridgehead atoms. The highest BCUT2D eigenvalue weighted by Crippen LogP contribution is 2.47. The van der Waals surface area contributed by atoms with Crippen molar-refractivity contribution in [1.82, 2.24) is 9.55 Å². The molecule has 32 heavy (non-hydrogen) atoms. The first-order chi connectivity index (χ1) is 15.8. The van der Waals surface area contributed by atoms with Crippen molar-refractivity contribution in [3.05, 3.63) is 96.1 Å². The number of rotatable bonds is 1. The predicted octanol–water partition coefficient (Wildman–Crippen LogP) is 6.21. The summed E-state index contributed by atoms with van der Waals surface area (Å²) in [7, 11) is 0. The van der Waals surface area contributed by atoms with Crippen LogP contribution in [-0.2, 0) is 0 Å². The summed E-state index contributed by atoms with van der Waals surface area (Å²) in [6.07, 6.45) is 0. The van der Waals surface area contributed by atoms with E-state index in [0.717, 1.165) is 39.2 Å². The Kier molecular flexibility index (Phi) is 3.83. The van der Waals surface area contributed by atoms with E-state index in [1.165, 1.54) is 0 Å². The summed E-state index contributed by atoms with van der Waals surface area (Å²) in [5.41, 5.74) is 6.04. The second-order valence-corrected chi connectivity index (χ2v) is 7.53. The van der Waals surface area contributed by atoms with Gasteiger partial charge in [-0.05, 0) is 54.1 Å². The van der Waals surface area contributed by atoms with Gasteiger partial charge in [-0.15, -0.1) is 0 Å². The molecule has 4 aromatic carbocycles. The Morgan fingerprint density at radius 3 is 2.28 bits per heavy atom. The van der Waals surface area contributed by atoms with E-state index in [4.69, 9.17) is 9.72 Å². The van der Waals surface area contributed by atoms with Crippen molar-refractivity contribution in [2.24, 2.45) is 0 Å². The number of imidazole rings is 1. The monoisotopic (exact) mass is 410 g/mol. The molecule has 148 valence electrons. The molecular weight excluding hydrogens is 396 g/mol. The molecule has 5 aromatic rings. The van der Waals surface area contributed by atoms with Crippen LogP contribution in [-0.4, -0.2) is 9.55 Å². The lowest BCUT2D eigenvalue weighted by Crippen LogP contribution is -1.95. The van der Waals surface area contributed by atoms with E-state index in [9.17, 15) is 10.5 Å². The summed E-state index contributed by atoms with van der Waals surface area (Å²) in [6.45, 7) is 0. The minimum Gasteiger partial charge on any atom is -0.454 e. The fraction of sp³-hybridized carbons (Fsp3) is 0. The van der Waals surface area contributed by atoms with Crippen molar-refractivity contribution in [2.45, 2.75) is 0 Å². The molecule has 0 fully saturated rings. The second-order valence-electron chi connectivity index (χ2n) is 7.53. The maximum absolute atomic E-state index is 9.45. The van der Waals surface area contributed by atoms with Gasteiger partial charge in [0.2, 0.25) is 0 Å². The van der Waals surface area contributed by atoms with Crippen molar-refractivity contribution in [3.8, 4) is 51.8 Å². The molecule has 1 aliphatic heterocycles. The number of ether oxygens (including phenoxy) is 1. The molecule has 0 radical (unpaired) electrons. The molecule has 1 aliphatic rings. The quantitative estimate of drug-likeness (QED) is 0.323. The number of hydrogen-bond acceptors (Lipinski definition) is 4. The fourth-order valence-electron chi connectivity index (χ4n) is 4.25. The van der Waals surface area contributed by atoms with Crippen molar-refractivity contribution < 1.29 is 4.74 Å². The zero-order valence-corrected chi connectivity index (χ0v) is 16.8. The first-order valence-electron chi connectivity index (χ1n) is 10.1. The molecule has 1 aromatic heterocycles. The number of benzene rings is 4. The molecule has 0 aliphatic carbocycles. The van der Waals surface area contributed by atoms with E-state index in [2.05, 4.69) is 16.7 Å². The van der Waals surface area contributed by atoms with E-state index in [-0.39, 0.29) is 0 Å². The maximum atomic E-state index is 9.45. The summed E-state index contributed by atoms with van der Waals surface area (Å²) >= 11 is 0. The van der Waals surface area contributed by atoms with Gasteiger partial charge in [-0.25, -0.2) is 4.98 Å². The van der Waals surface area contributed by atoms with Crippen molar-refractivity contribution in [1.29, 1.82) is 10.5 Å². The van der Waals surface area contributed by atoms with Crippen LogP contribution in [0.25, 0.3) is 39.2 Å². The van der Waals surface area contributed by atoms with E-state index >= 15 is 0 Å². The van der Waals surface area contributed by atoms with Gasteiger partial charge < -0.3 is 4.74 Å². The third-order valence-corrected chi connectivity index (χ3v) is 5.64. The van der Waals surface area contributed by atoms with Gasteiger partial charge in [-0.3, -0.25) is 4.57 Å². The number of nitrogens with zero attached hydrogens (tertiary/aromatic N) is 4. The Bertz CT molecular complexity index is 1600. The Morgan fingerprint density at radius 2 is 1.47 bits per heavy atom. The largest absolute Gasteiger partial charge is 0.454 e. The summed E-state index contributed by atoms with van der Waals surface area (Å²) in [4.78, 5) is 4.93. The van der Waals surface area contributed by atoms with Gasteiger partial charge in [0.1, 0.15) is 11.6 Å². The fourth-order valence-corrected chi connectivity index (χ4v) is 4.25. The van der Waals surface area contributed by atoms with Gasteiger partial charge >= 0.3 is 0 Å². The zero-order valence-electron chi connectivity index (χ0n) is 16.8. The molecule has 0 spiro atoms. The molecule has 6 rings (SSSR count). The normalized spacial score (nSPS) is 11.3. The van der Waals surface area contributed by atoms with Crippen molar-refractivity contribution in [2.75, 3.05) is 0 Å². The van der Waals surface area contributed by atoms with Crippen LogP contribution < -0.4 is 4.74 Å². The van der Waals surface area contributed by atoms with Gasteiger partial charge in [0.15, 0.2) is 5.75 Å². The minimum absolute atomic E-state index is 0.429. The summed E-state index contributed by atoms with van der Waals surface area (Å²) in [5.74, 6) is 2.14. The van der Waals surface area contributed by atoms with Gasteiger partial charge in [0.25, 0.3) is 0 Å². The zero-order chi connectivity index (χ0) is 21.7. The molecule has 0 saturated heterocycles. The molecule has 0 saturated carbocycles. The Balaban J connectivity index is 1.71. The number of para-hydroxylation sites is 5. The summed E-state index contributed by atoms with van der Waals surface area (Å²) in [5, 5.41) is 18.9. The smallest absolute Gasteiger partial charge is 0.151 e. The molecule has 0 N–H and O–H groups in total. The van der Waals surface area contributed by atoms with Gasteiger partial charge in [-0.2, -0.15) is 10.5 Å². The van der Waals surface area contributed by atoms with Crippen LogP contribution in [0.4, 0.5) is 0 Å². The highest BCUT2D eigenvalue weighted by Gasteiger charge is 2.26. The van der Waals surface area contributed by atoms with Gasteiger partial charge in [0.05, 0.1) is 45.5 Å².